The summed E-state index contributed by atoms with van der Waals surface area (Å²) in [5, 5.41) is 15.9. The van der Waals surface area contributed by atoms with Gasteiger partial charge in [0.05, 0.1) is 10.9 Å². The van der Waals surface area contributed by atoms with Crippen molar-refractivity contribution in [3.8, 4) is 0 Å². The molecule has 6 aromatic rings. The number of nitrogens with zero attached hydrogens (tertiary/aromatic N) is 2. The third kappa shape index (κ3) is 7.65. The summed E-state index contributed by atoms with van der Waals surface area (Å²) < 4.78 is 1.05. The molecule has 0 spiro atoms. The van der Waals surface area contributed by atoms with E-state index in [2.05, 4.69) is 56.0 Å². The van der Waals surface area contributed by atoms with Gasteiger partial charge in [0.25, 0.3) is 0 Å². The standard InChI is InChI=1S/C10H6BrCl.C10H8ClN.C10H9N3.C10H10N2/c2*11-8-5-1-3-7-4-2-6-9(12)10(7)8;1-3-7-4-2-6-9-10(7)8(5-1)11-13-12-9;11-8-5-1-3-7-4-2-6-9(12)10(7)8/h1-6H;1-6H,12H2;1-6,8,10H,(H,11,12);1-6H,11-12H2. The van der Waals surface area contributed by atoms with Crippen LogP contribution >= 0.6 is 39.1 Å². The summed E-state index contributed by atoms with van der Waals surface area (Å²) in [6.07, 6.45) is 12.5. The van der Waals surface area contributed by atoms with Crippen molar-refractivity contribution in [3.63, 3.8) is 0 Å². The summed E-state index contributed by atoms with van der Waals surface area (Å²) in [7, 11) is 0. The second-order valence-corrected chi connectivity index (χ2v) is 13.1. The van der Waals surface area contributed by atoms with Gasteiger partial charge in [-0.3, -0.25) is 5.43 Å². The van der Waals surface area contributed by atoms with E-state index in [1.54, 1.807) is 0 Å². The second-order valence-electron chi connectivity index (χ2n) is 11.4. The molecule has 6 aromatic carbocycles. The van der Waals surface area contributed by atoms with Gasteiger partial charge in [0.15, 0.2) is 0 Å². The van der Waals surface area contributed by atoms with Crippen molar-refractivity contribution in [2.24, 2.45) is 16.3 Å². The smallest absolute Gasteiger partial charge is 0.104 e. The minimum absolute atomic E-state index is 0.192. The zero-order valence-corrected chi connectivity index (χ0v) is 29.4. The Hall–Kier alpha value is -5.08. The SMILES string of the molecule is C1=CC2=CC=CC3N=NNC(=C1)C23.Clc1cccc2cccc(Br)c12.Nc1cccc2cccc(Cl)c12.Nc1cccc2cccc(N)c12. The largest absolute Gasteiger partial charge is 0.398 e. The first-order valence-corrected chi connectivity index (χ1v) is 17.1. The summed E-state index contributed by atoms with van der Waals surface area (Å²) in [6, 6.07) is 35.3. The van der Waals surface area contributed by atoms with Crippen LogP contribution in [0.25, 0.3) is 32.3 Å². The van der Waals surface area contributed by atoms with Gasteiger partial charge in [0, 0.05) is 48.4 Å². The quantitative estimate of drug-likeness (QED) is 0.116. The van der Waals surface area contributed by atoms with Crippen molar-refractivity contribution >= 4 is 88.5 Å². The highest BCUT2D eigenvalue weighted by atomic mass is 79.9. The molecule has 2 atom stereocenters. The average Bonchev–Trinajstić information content (AvgIpc) is 3.10. The molecular formula is C40H33BrCl2N6. The fraction of sp³-hybridized carbons (Fsp3) is 0.0500. The molecule has 9 rings (SSSR count). The van der Waals surface area contributed by atoms with Crippen LogP contribution in [-0.4, -0.2) is 6.04 Å². The lowest BCUT2D eigenvalue weighted by atomic mass is 9.82. The molecule has 0 radical (unpaired) electrons. The number of benzene rings is 6. The second kappa shape index (κ2) is 15.4. The molecule has 244 valence electrons. The molecule has 6 nitrogen and oxygen atoms in total. The highest BCUT2D eigenvalue weighted by Crippen LogP contribution is 2.35. The number of halogens is 3. The van der Waals surface area contributed by atoms with E-state index < -0.39 is 0 Å². The van der Waals surface area contributed by atoms with Crippen molar-refractivity contribution in [2.45, 2.75) is 6.04 Å². The Labute approximate surface area is 303 Å². The number of nitrogens with two attached hydrogens (primary N) is 3. The van der Waals surface area contributed by atoms with E-state index in [-0.39, 0.29) is 6.04 Å². The first-order valence-electron chi connectivity index (χ1n) is 15.5. The number of allylic oxidation sites excluding steroid dienone is 5. The number of nitrogens with one attached hydrogen (secondary N) is 1. The van der Waals surface area contributed by atoms with Crippen molar-refractivity contribution < 1.29 is 0 Å². The van der Waals surface area contributed by atoms with E-state index in [0.717, 1.165) is 64.6 Å². The van der Waals surface area contributed by atoms with Crippen LogP contribution in [0.1, 0.15) is 0 Å². The van der Waals surface area contributed by atoms with Gasteiger partial charge in [-0.15, -0.1) is 0 Å². The maximum Gasteiger partial charge on any atom is 0.104 e. The Balaban J connectivity index is 0.000000113. The topological polar surface area (TPSA) is 115 Å². The van der Waals surface area contributed by atoms with E-state index in [1.807, 2.05) is 121 Å². The van der Waals surface area contributed by atoms with Gasteiger partial charge in [-0.1, -0.05) is 148 Å². The summed E-state index contributed by atoms with van der Waals surface area (Å²) in [4.78, 5) is 0. The van der Waals surface area contributed by atoms with Gasteiger partial charge in [0.1, 0.15) is 6.04 Å². The van der Waals surface area contributed by atoms with Crippen molar-refractivity contribution in [2.75, 3.05) is 17.2 Å². The van der Waals surface area contributed by atoms with Crippen LogP contribution in [0.4, 0.5) is 17.1 Å². The molecule has 1 heterocycles. The first-order chi connectivity index (χ1) is 23.8. The molecule has 3 aliphatic rings. The maximum atomic E-state index is 6.03. The summed E-state index contributed by atoms with van der Waals surface area (Å²) >= 11 is 15.5. The molecular weight excluding hydrogens is 715 g/mol. The van der Waals surface area contributed by atoms with Crippen LogP contribution in [0.15, 0.2) is 172 Å². The lowest BCUT2D eigenvalue weighted by Gasteiger charge is -2.31. The molecule has 0 bridgehead atoms. The molecule has 7 N–H and O–H groups in total. The van der Waals surface area contributed by atoms with Gasteiger partial charge < -0.3 is 17.2 Å². The number of fused-ring (bicyclic) bond motifs is 3. The predicted molar refractivity (Wildman–Crippen MR) is 213 cm³/mol. The molecule has 0 amide bonds. The lowest BCUT2D eigenvalue weighted by Crippen LogP contribution is -2.32. The Bertz CT molecular complexity index is 2000. The van der Waals surface area contributed by atoms with Crippen molar-refractivity contribution in [3.05, 3.63) is 171 Å². The van der Waals surface area contributed by atoms with E-state index in [4.69, 9.17) is 40.4 Å². The minimum Gasteiger partial charge on any atom is -0.398 e. The molecule has 0 fully saturated rings. The van der Waals surface area contributed by atoms with Crippen LogP contribution in [0.3, 0.4) is 0 Å². The average molecular weight is 749 g/mol. The lowest BCUT2D eigenvalue weighted by molar-refractivity contribution is 0.491. The van der Waals surface area contributed by atoms with E-state index in [9.17, 15) is 0 Å². The van der Waals surface area contributed by atoms with Gasteiger partial charge in [0.2, 0.25) is 0 Å². The monoisotopic (exact) mass is 746 g/mol. The Morgan fingerprint density at radius 2 is 1.10 bits per heavy atom. The van der Waals surface area contributed by atoms with Gasteiger partial charge in [-0.05, 0) is 64.2 Å². The number of nitrogen functional groups attached to an aromatic ring is 3. The van der Waals surface area contributed by atoms with Gasteiger partial charge in [-0.25, -0.2) is 0 Å². The normalized spacial score (nSPS) is 16.5. The number of hydrogen-bond donors (Lipinski definition) is 4. The third-order valence-electron chi connectivity index (χ3n) is 8.23. The van der Waals surface area contributed by atoms with Crippen LogP contribution in [0.2, 0.25) is 10.0 Å². The zero-order chi connectivity index (χ0) is 34.3. The van der Waals surface area contributed by atoms with Crippen molar-refractivity contribution in [1.29, 1.82) is 0 Å². The molecule has 2 aliphatic carbocycles. The summed E-state index contributed by atoms with van der Waals surface area (Å²) in [6.45, 7) is 0. The predicted octanol–water partition coefficient (Wildman–Crippen LogP) is 11.2. The molecule has 0 aromatic heterocycles. The van der Waals surface area contributed by atoms with Gasteiger partial charge >= 0.3 is 0 Å². The van der Waals surface area contributed by atoms with Crippen LogP contribution in [-0.2, 0) is 0 Å². The van der Waals surface area contributed by atoms with Gasteiger partial charge in [-0.2, -0.15) is 5.11 Å². The fourth-order valence-electron chi connectivity index (χ4n) is 5.92. The number of hydrogen-bond acceptors (Lipinski definition) is 6. The minimum atomic E-state index is 0.192. The van der Waals surface area contributed by atoms with E-state index in [0.29, 0.717) is 10.9 Å². The molecule has 1 aliphatic heterocycles. The van der Waals surface area contributed by atoms with E-state index in [1.165, 1.54) is 5.57 Å². The highest BCUT2D eigenvalue weighted by molar-refractivity contribution is 9.10. The summed E-state index contributed by atoms with van der Waals surface area (Å²) in [5.74, 6) is 0.368. The van der Waals surface area contributed by atoms with Crippen LogP contribution in [0, 0.1) is 5.92 Å². The van der Waals surface area contributed by atoms with Crippen molar-refractivity contribution in [1.82, 2.24) is 5.43 Å². The Morgan fingerprint density at radius 3 is 1.67 bits per heavy atom. The summed E-state index contributed by atoms with van der Waals surface area (Å²) in [5.41, 5.74) is 25.0. The number of anilines is 3. The fourth-order valence-corrected chi connectivity index (χ4v) is 7.20. The number of rotatable bonds is 0. The Morgan fingerprint density at radius 1 is 0.592 bits per heavy atom. The molecule has 2 unspecified atom stereocenters. The first kappa shape index (κ1) is 33.8. The highest BCUT2D eigenvalue weighted by Gasteiger charge is 2.31. The van der Waals surface area contributed by atoms with Crippen LogP contribution in [0.5, 0.6) is 0 Å². The van der Waals surface area contributed by atoms with E-state index >= 15 is 0 Å². The molecule has 0 saturated carbocycles. The van der Waals surface area contributed by atoms with Crippen LogP contribution < -0.4 is 22.6 Å². The third-order valence-corrected chi connectivity index (χ3v) is 9.52. The maximum absolute atomic E-state index is 6.03. The molecule has 49 heavy (non-hydrogen) atoms. The zero-order valence-electron chi connectivity index (χ0n) is 26.3. The molecule has 9 heteroatoms. The molecule has 0 saturated heterocycles. The Kier molecular flexibility index (Phi) is 10.6.